The van der Waals surface area contributed by atoms with Gasteiger partial charge in [-0.3, -0.25) is 0 Å². The summed E-state index contributed by atoms with van der Waals surface area (Å²) < 4.78 is 17.7. The largest absolute Gasteiger partial charge is 0.500 e. The summed E-state index contributed by atoms with van der Waals surface area (Å²) in [5.74, 6) is 0. The van der Waals surface area contributed by atoms with E-state index in [4.69, 9.17) is 13.3 Å². The van der Waals surface area contributed by atoms with E-state index in [1.54, 1.807) is 21.3 Å². The molecule has 0 bridgehead atoms. The van der Waals surface area contributed by atoms with E-state index in [0.29, 0.717) is 0 Å². The summed E-state index contributed by atoms with van der Waals surface area (Å²) in [7, 11) is 7.57. The van der Waals surface area contributed by atoms with Crippen molar-refractivity contribution in [1.82, 2.24) is 0 Å². The van der Waals surface area contributed by atoms with Crippen LogP contribution in [0.1, 0.15) is 135 Å². The van der Waals surface area contributed by atoms with Crippen LogP contribution in [-0.2, 0) is 13.3 Å². The molecule has 34 heavy (non-hydrogen) atoms. The maximum atomic E-state index is 5.51. The molecular formula is C29H64NO3Si+. The molecule has 0 atom stereocenters. The number of rotatable bonds is 27. The normalized spacial score (nSPS) is 12.5. The summed E-state index contributed by atoms with van der Waals surface area (Å²) in [4.78, 5) is 0. The van der Waals surface area contributed by atoms with Crippen molar-refractivity contribution in [1.29, 1.82) is 0 Å². The van der Waals surface area contributed by atoms with Crippen LogP contribution in [0.25, 0.3) is 0 Å². The molecule has 0 spiro atoms. The molecule has 0 fully saturated rings. The summed E-state index contributed by atoms with van der Waals surface area (Å²) in [6, 6.07) is 0.925. The van der Waals surface area contributed by atoms with Crippen molar-refractivity contribution in [2.24, 2.45) is 0 Å². The minimum absolute atomic E-state index is 0.925. The first-order valence-corrected chi connectivity index (χ1v) is 16.9. The third-order valence-corrected chi connectivity index (χ3v) is 10.4. The fourth-order valence-corrected chi connectivity index (χ4v) is 6.79. The van der Waals surface area contributed by atoms with Crippen molar-refractivity contribution in [2.45, 2.75) is 141 Å². The smallest absolute Gasteiger partial charge is 0.377 e. The summed E-state index contributed by atoms with van der Waals surface area (Å²) in [5.41, 5.74) is 0. The monoisotopic (exact) mass is 502 g/mol. The topological polar surface area (TPSA) is 27.7 Å². The van der Waals surface area contributed by atoms with Crippen LogP contribution in [0.15, 0.2) is 0 Å². The highest BCUT2D eigenvalue weighted by molar-refractivity contribution is 6.60. The van der Waals surface area contributed by atoms with Gasteiger partial charge in [0, 0.05) is 27.4 Å². The van der Waals surface area contributed by atoms with Crippen molar-refractivity contribution in [3.8, 4) is 0 Å². The Labute approximate surface area is 216 Å². The van der Waals surface area contributed by atoms with E-state index in [2.05, 4.69) is 21.0 Å². The molecule has 0 aromatic carbocycles. The van der Waals surface area contributed by atoms with Gasteiger partial charge in [0.2, 0.25) is 0 Å². The highest BCUT2D eigenvalue weighted by atomic mass is 28.4. The average Bonchev–Trinajstić information content (AvgIpc) is 2.84. The minimum Gasteiger partial charge on any atom is -0.377 e. The molecule has 4 nitrogen and oxygen atoms in total. The molecule has 0 rings (SSSR count). The van der Waals surface area contributed by atoms with E-state index < -0.39 is 8.80 Å². The van der Waals surface area contributed by atoms with Crippen molar-refractivity contribution in [3.63, 3.8) is 0 Å². The van der Waals surface area contributed by atoms with Crippen LogP contribution in [-0.4, -0.2) is 61.8 Å². The Kier molecular flexibility index (Phi) is 23.5. The SMILES string of the molecule is CCCCCCCCCCCCCCCCCC[N+](C)(C)CCCCCC[Si](OC)(OC)OC. The zero-order chi connectivity index (χ0) is 25.4. The number of unbranched alkanes of at least 4 members (excludes halogenated alkanes) is 18. The lowest BCUT2D eigenvalue weighted by molar-refractivity contribution is -0.890. The van der Waals surface area contributed by atoms with Crippen LogP contribution in [0, 0.1) is 0 Å². The second-order valence-corrected chi connectivity index (χ2v) is 14.2. The first-order valence-electron chi connectivity index (χ1n) is 14.9. The summed E-state index contributed by atoms with van der Waals surface area (Å²) in [6.45, 7) is 4.92. The maximum absolute atomic E-state index is 5.51. The lowest BCUT2D eigenvalue weighted by atomic mass is 10.0. The van der Waals surface area contributed by atoms with Gasteiger partial charge in [-0.15, -0.1) is 0 Å². The van der Waals surface area contributed by atoms with Gasteiger partial charge in [0.25, 0.3) is 0 Å². The first kappa shape index (κ1) is 34.1. The Balaban J connectivity index is 3.45. The van der Waals surface area contributed by atoms with Crippen molar-refractivity contribution in [2.75, 3.05) is 48.5 Å². The third-order valence-electron chi connectivity index (χ3n) is 7.55. The Morgan fingerprint density at radius 2 is 0.735 bits per heavy atom. The van der Waals surface area contributed by atoms with Crippen molar-refractivity contribution < 1.29 is 17.8 Å². The summed E-state index contributed by atoms with van der Waals surface area (Å²) >= 11 is 0. The van der Waals surface area contributed by atoms with E-state index in [-0.39, 0.29) is 0 Å². The van der Waals surface area contributed by atoms with E-state index in [1.165, 1.54) is 140 Å². The number of nitrogens with zero attached hydrogens (tertiary/aromatic N) is 1. The molecule has 206 valence electrons. The van der Waals surface area contributed by atoms with Gasteiger partial charge in [-0.05, 0) is 32.1 Å². The van der Waals surface area contributed by atoms with E-state index in [1.807, 2.05) is 0 Å². The molecule has 0 aliphatic carbocycles. The highest BCUT2D eigenvalue weighted by Gasteiger charge is 2.36. The van der Waals surface area contributed by atoms with Gasteiger partial charge in [0.1, 0.15) is 0 Å². The van der Waals surface area contributed by atoms with Crippen LogP contribution in [0.5, 0.6) is 0 Å². The minimum atomic E-state index is -2.37. The first-order chi connectivity index (χ1) is 16.4. The Morgan fingerprint density at radius 3 is 1.06 bits per heavy atom. The lowest BCUT2D eigenvalue weighted by Gasteiger charge is -2.30. The van der Waals surface area contributed by atoms with E-state index in [9.17, 15) is 0 Å². The molecule has 5 heteroatoms. The molecule has 0 aliphatic rings. The van der Waals surface area contributed by atoms with Gasteiger partial charge in [0.05, 0.1) is 27.2 Å². The molecule has 0 aromatic rings. The zero-order valence-corrected chi connectivity index (χ0v) is 25.4. The average molecular weight is 503 g/mol. The van der Waals surface area contributed by atoms with Crippen LogP contribution < -0.4 is 0 Å². The van der Waals surface area contributed by atoms with Gasteiger partial charge in [0.15, 0.2) is 0 Å². The predicted octanol–water partition coefficient (Wildman–Crippen LogP) is 8.76. The molecule has 0 N–H and O–H groups in total. The Bertz CT molecular complexity index is 408. The van der Waals surface area contributed by atoms with Gasteiger partial charge in [-0.1, -0.05) is 103 Å². The summed E-state index contributed by atoms with van der Waals surface area (Å²) in [6.07, 6.45) is 28.1. The Hall–Kier alpha value is 0.0569. The molecular weight excluding hydrogens is 438 g/mol. The summed E-state index contributed by atoms with van der Waals surface area (Å²) in [5, 5.41) is 0. The van der Waals surface area contributed by atoms with E-state index >= 15 is 0 Å². The van der Waals surface area contributed by atoms with Gasteiger partial charge in [-0.25, -0.2) is 0 Å². The zero-order valence-electron chi connectivity index (χ0n) is 24.4. The van der Waals surface area contributed by atoms with Crippen LogP contribution in [0.2, 0.25) is 6.04 Å². The molecule has 0 aliphatic heterocycles. The number of hydrogen-bond acceptors (Lipinski definition) is 3. The third kappa shape index (κ3) is 20.3. The van der Waals surface area contributed by atoms with Crippen molar-refractivity contribution >= 4 is 8.80 Å². The fraction of sp³-hybridized carbons (Fsp3) is 1.00. The fourth-order valence-electron chi connectivity index (χ4n) is 4.99. The molecule has 0 radical (unpaired) electrons. The molecule has 0 amide bonds. The Morgan fingerprint density at radius 1 is 0.441 bits per heavy atom. The van der Waals surface area contributed by atoms with Gasteiger partial charge < -0.3 is 17.8 Å². The molecule has 0 heterocycles. The van der Waals surface area contributed by atoms with Crippen molar-refractivity contribution in [3.05, 3.63) is 0 Å². The van der Waals surface area contributed by atoms with Crippen LogP contribution >= 0.6 is 0 Å². The second kappa shape index (κ2) is 23.5. The molecule has 0 unspecified atom stereocenters. The lowest BCUT2D eigenvalue weighted by Crippen LogP contribution is -2.42. The van der Waals surface area contributed by atoms with Crippen LogP contribution in [0.4, 0.5) is 0 Å². The second-order valence-electron chi connectivity index (χ2n) is 11.1. The maximum Gasteiger partial charge on any atom is 0.500 e. The molecule has 0 saturated carbocycles. The van der Waals surface area contributed by atoms with Gasteiger partial charge >= 0.3 is 8.80 Å². The molecule has 0 aromatic heterocycles. The molecule has 0 saturated heterocycles. The van der Waals surface area contributed by atoms with E-state index in [0.717, 1.165) is 12.5 Å². The quantitative estimate of drug-likeness (QED) is 0.0638. The standard InChI is InChI=1S/C29H64NO3Si/c1-7-8-9-10-11-12-13-14-15-16-17-18-19-20-21-24-27-30(2,3)28-25-22-23-26-29-34(31-4,32-5)33-6/h7-29H2,1-6H3/q+1. The van der Waals surface area contributed by atoms with Crippen LogP contribution in [0.3, 0.4) is 0 Å². The highest BCUT2D eigenvalue weighted by Crippen LogP contribution is 2.18. The van der Waals surface area contributed by atoms with Gasteiger partial charge in [-0.2, -0.15) is 0 Å². The number of hydrogen-bond donors (Lipinski definition) is 0. The predicted molar refractivity (Wildman–Crippen MR) is 151 cm³/mol. The number of quaternary nitrogens is 1.